The summed E-state index contributed by atoms with van der Waals surface area (Å²) in [5.74, 6) is 2.34. The summed E-state index contributed by atoms with van der Waals surface area (Å²) in [5, 5.41) is 3.39. The van der Waals surface area contributed by atoms with E-state index in [4.69, 9.17) is 9.97 Å². The number of nitrogens with zero attached hydrogens (tertiary/aromatic N) is 4. The van der Waals surface area contributed by atoms with Crippen LogP contribution in [0.2, 0.25) is 0 Å². The Balaban J connectivity index is 1.62. The summed E-state index contributed by atoms with van der Waals surface area (Å²) in [4.78, 5) is 16.1. The molecule has 0 atom stereocenters. The SMILES string of the molecule is CN(Cc1ccccc1)c1cc(NCc2ccccn2)nc(-c2ccccc2)n1. The van der Waals surface area contributed by atoms with Crippen LogP contribution >= 0.6 is 0 Å². The maximum absolute atomic E-state index is 4.81. The van der Waals surface area contributed by atoms with Crippen LogP contribution in [0.4, 0.5) is 11.6 Å². The lowest BCUT2D eigenvalue weighted by Gasteiger charge is -2.20. The van der Waals surface area contributed by atoms with Gasteiger partial charge in [0.05, 0.1) is 12.2 Å². The van der Waals surface area contributed by atoms with Crippen molar-refractivity contribution in [3.05, 3.63) is 102 Å². The maximum atomic E-state index is 4.81. The minimum atomic E-state index is 0.605. The van der Waals surface area contributed by atoms with Gasteiger partial charge in [-0.25, -0.2) is 9.97 Å². The molecule has 0 fully saturated rings. The van der Waals surface area contributed by atoms with Crippen molar-refractivity contribution < 1.29 is 0 Å². The third kappa shape index (κ3) is 4.96. The number of hydrogen-bond acceptors (Lipinski definition) is 5. The van der Waals surface area contributed by atoms with Crippen LogP contribution in [0.25, 0.3) is 11.4 Å². The number of anilines is 2. The molecule has 0 bridgehead atoms. The average Bonchev–Trinajstić information content (AvgIpc) is 2.79. The average molecular weight is 381 g/mol. The highest BCUT2D eigenvalue weighted by molar-refractivity contribution is 5.61. The molecule has 1 N–H and O–H groups in total. The van der Waals surface area contributed by atoms with E-state index in [1.54, 1.807) is 6.20 Å². The molecule has 144 valence electrons. The lowest BCUT2D eigenvalue weighted by Crippen LogP contribution is -2.18. The van der Waals surface area contributed by atoms with E-state index in [-0.39, 0.29) is 0 Å². The fourth-order valence-electron chi connectivity index (χ4n) is 3.06. The zero-order valence-corrected chi connectivity index (χ0v) is 16.4. The molecule has 0 amide bonds. The molecular weight excluding hydrogens is 358 g/mol. The predicted octanol–water partition coefficient (Wildman–Crippen LogP) is 4.79. The van der Waals surface area contributed by atoms with Crippen LogP contribution in [0.1, 0.15) is 11.3 Å². The minimum Gasteiger partial charge on any atom is -0.364 e. The molecule has 0 unspecified atom stereocenters. The van der Waals surface area contributed by atoms with Crippen LogP contribution in [0, 0.1) is 0 Å². The van der Waals surface area contributed by atoms with Gasteiger partial charge in [-0.2, -0.15) is 0 Å². The molecule has 0 aliphatic heterocycles. The van der Waals surface area contributed by atoms with Crippen LogP contribution in [0.3, 0.4) is 0 Å². The zero-order chi connectivity index (χ0) is 19.9. The monoisotopic (exact) mass is 381 g/mol. The van der Waals surface area contributed by atoms with Gasteiger partial charge in [-0.05, 0) is 17.7 Å². The van der Waals surface area contributed by atoms with Crippen molar-refractivity contribution in [2.45, 2.75) is 13.1 Å². The Morgan fingerprint density at radius 2 is 1.55 bits per heavy atom. The minimum absolute atomic E-state index is 0.605. The first-order valence-electron chi connectivity index (χ1n) is 9.61. The standard InChI is InChI=1S/C24H23N5/c1-29(18-19-10-4-2-5-11-19)23-16-22(26-17-21-14-8-9-15-25-21)27-24(28-23)20-12-6-3-7-13-20/h2-16H,17-18H2,1H3,(H,26,27,28). The van der Waals surface area contributed by atoms with Crippen LogP contribution in [-0.4, -0.2) is 22.0 Å². The predicted molar refractivity (Wildman–Crippen MR) is 118 cm³/mol. The normalized spacial score (nSPS) is 10.5. The topological polar surface area (TPSA) is 53.9 Å². The molecule has 4 rings (SSSR count). The summed E-state index contributed by atoms with van der Waals surface area (Å²) < 4.78 is 0. The van der Waals surface area contributed by atoms with Gasteiger partial charge in [0.15, 0.2) is 5.82 Å². The van der Waals surface area contributed by atoms with E-state index in [1.165, 1.54) is 5.56 Å². The first-order chi connectivity index (χ1) is 14.3. The van der Waals surface area contributed by atoms with E-state index in [0.717, 1.165) is 29.4 Å². The largest absolute Gasteiger partial charge is 0.364 e. The number of pyridine rings is 1. The number of hydrogen-bond donors (Lipinski definition) is 1. The quantitative estimate of drug-likeness (QED) is 0.499. The number of aromatic nitrogens is 3. The van der Waals surface area contributed by atoms with Crippen LogP contribution in [-0.2, 0) is 13.1 Å². The van der Waals surface area contributed by atoms with Gasteiger partial charge in [-0.3, -0.25) is 4.98 Å². The van der Waals surface area contributed by atoms with Gasteiger partial charge in [0.1, 0.15) is 11.6 Å². The fourth-order valence-corrected chi connectivity index (χ4v) is 3.06. The van der Waals surface area contributed by atoms with E-state index in [1.807, 2.05) is 67.7 Å². The second kappa shape index (κ2) is 8.97. The highest BCUT2D eigenvalue weighted by atomic mass is 15.2. The zero-order valence-electron chi connectivity index (χ0n) is 16.4. The van der Waals surface area contributed by atoms with Gasteiger partial charge < -0.3 is 10.2 Å². The summed E-state index contributed by atoms with van der Waals surface area (Å²) in [6.45, 7) is 1.37. The Bertz CT molecular complexity index is 1040. The third-order valence-electron chi connectivity index (χ3n) is 4.58. The molecule has 0 radical (unpaired) electrons. The van der Waals surface area contributed by atoms with Crippen molar-refractivity contribution in [3.8, 4) is 11.4 Å². The van der Waals surface area contributed by atoms with Crippen molar-refractivity contribution >= 4 is 11.6 Å². The van der Waals surface area contributed by atoms with Gasteiger partial charge in [-0.15, -0.1) is 0 Å². The van der Waals surface area contributed by atoms with E-state index < -0.39 is 0 Å². The molecule has 4 aromatic rings. The molecule has 5 nitrogen and oxygen atoms in total. The number of nitrogens with one attached hydrogen (secondary N) is 1. The van der Waals surface area contributed by atoms with Crippen LogP contribution in [0.5, 0.6) is 0 Å². The molecule has 0 spiro atoms. The van der Waals surface area contributed by atoms with Crippen LogP contribution < -0.4 is 10.2 Å². The van der Waals surface area contributed by atoms with Crippen molar-refractivity contribution in [1.29, 1.82) is 0 Å². The molecule has 0 saturated heterocycles. The fraction of sp³-hybridized carbons (Fsp3) is 0.125. The Hall–Kier alpha value is -3.73. The number of rotatable bonds is 7. The van der Waals surface area contributed by atoms with E-state index in [2.05, 4.69) is 39.5 Å². The molecule has 2 aromatic carbocycles. The van der Waals surface area contributed by atoms with Crippen molar-refractivity contribution in [1.82, 2.24) is 15.0 Å². The molecule has 5 heteroatoms. The Morgan fingerprint density at radius 1 is 0.828 bits per heavy atom. The molecule has 0 saturated carbocycles. The van der Waals surface area contributed by atoms with Crippen molar-refractivity contribution in [3.63, 3.8) is 0 Å². The van der Waals surface area contributed by atoms with E-state index in [9.17, 15) is 0 Å². The van der Waals surface area contributed by atoms with Crippen molar-refractivity contribution in [2.24, 2.45) is 0 Å². The second-order valence-electron chi connectivity index (χ2n) is 6.82. The molecule has 29 heavy (non-hydrogen) atoms. The van der Waals surface area contributed by atoms with Gasteiger partial charge in [-0.1, -0.05) is 66.7 Å². The molecule has 2 heterocycles. The van der Waals surface area contributed by atoms with E-state index in [0.29, 0.717) is 12.4 Å². The molecule has 0 aliphatic carbocycles. The van der Waals surface area contributed by atoms with Crippen LogP contribution in [0.15, 0.2) is 91.1 Å². The lowest BCUT2D eigenvalue weighted by atomic mass is 10.2. The molecule has 0 aliphatic rings. The first-order valence-corrected chi connectivity index (χ1v) is 9.61. The summed E-state index contributed by atoms with van der Waals surface area (Å²) in [5.41, 5.74) is 3.19. The lowest BCUT2D eigenvalue weighted by molar-refractivity contribution is 0.891. The smallest absolute Gasteiger partial charge is 0.163 e. The summed E-state index contributed by atoms with van der Waals surface area (Å²) >= 11 is 0. The Labute approximate surface area is 171 Å². The van der Waals surface area contributed by atoms with Crippen molar-refractivity contribution in [2.75, 3.05) is 17.3 Å². The first kappa shape index (κ1) is 18.6. The number of benzene rings is 2. The van der Waals surface area contributed by atoms with Gasteiger partial charge in [0.2, 0.25) is 0 Å². The summed E-state index contributed by atoms with van der Waals surface area (Å²) in [7, 11) is 2.05. The Kier molecular flexibility index (Phi) is 5.76. The third-order valence-corrected chi connectivity index (χ3v) is 4.58. The Morgan fingerprint density at radius 3 is 2.28 bits per heavy atom. The van der Waals surface area contributed by atoms with E-state index >= 15 is 0 Å². The maximum Gasteiger partial charge on any atom is 0.163 e. The highest BCUT2D eigenvalue weighted by Gasteiger charge is 2.11. The second-order valence-corrected chi connectivity index (χ2v) is 6.82. The summed E-state index contributed by atoms with van der Waals surface area (Å²) in [6, 6.07) is 28.3. The highest BCUT2D eigenvalue weighted by Crippen LogP contribution is 2.23. The van der Waals surface area contributed by atoms with Gasteiger partial charge in [0, 0.05) is 31.4 Å². The van der Waals surface area contributed by atoms with Gasteiger partial charge >= 0.3 is 0 Å². The molecule has 2 aromatic heterocycles. The molecular formula is C24H23N5. The van der Waals surface area contributed by atoms with Gasteiger partial charge in [0.25, 0.3) is 0 Å². The summed E-state index contributed by atoms with van der Waals surface area (Å²) in [6.07, 6.45) is 1.80.